The van der Waals surface area contributed by atoms with Gasteiger partial charge in [-0.05, 0) is 37.1 Å². The van der Waals surface area contributed by atoms with Crippen LogP contribution in [0.2, 0.25) is 0 Å². The third-order valence-corrected chi connectivity index (χ3v) is 4.87. The molecule has 0 radical (unpaired) electrons. The number of hydrogen-bond acceptors (Lipinski definition) is 4. The summed E-state index contributed by atoms with van der Waals surface area (Å²) in [6, 6.07) is 9.10. The number of hydrogen-bond donors (Lipinski definition) is 0. The largest absolute Gasteiger partial charge is 0.244 e. The van der Waals surface area contributed by atoms with Crippen LogP contribution >= 0.6 is 0 Å². The van der Waals surface area contributed by atoms with E-state index in [0.717, 1.165) is 0 Å². The number of benzene rings is 1. The van der Waals surface area contributed by atoms with Gasteiger partial charge in [0.15, 0.2) is 0 Å². The molecule has 1 unspecified atom stereocenters. The molecule has 1 saturated heterocycles. The van der Waals surface area contributed by atoms with Gasteiger partial charge in [-0.25, -0.2) is 8.42 Å². The van der Waals surface area contributed by atoms with Gasteiger partial charge in [-0.2, -0.15) is 14.8 Å². The monoisotopic (exact) mass is 261 g/mol. The molecule has 92 valence electrons. The third-order valence-electron chi connectivity index (χ3n) is 2.94. The van der Waals surface area contributed by atoms with Crippen LogP contribution in [0.4, 0.5) is 0 Å². The Morgan fingerprint density at radius 3 is 2.44 bits per heavy atom. The average Bonchev–Trinajstić information content (AvgIpc) is 2.88. The van der Waals surface area contributed by atoms with Gasteiger partial charge in [0.2, 0.25) is 10.0 Å². The molecule has 0 amide bonds. The molecule has 2 rings (SSSR count). The minimum atomic E-state index is -3.62. The van der Waals surface area contributed by atoms with Gasteiger partial charge < -0.3 is 0 Å². The van der Waals surface area contributed by atoms with E-state index in [2.05, 4.69) is 0 Å². The second-order valence-corrected chi connectivity index (χ2v) is 5.93. The molecule has 0 aromatic heterocycles. The fourth-order valence-corrected chi connectivity index (χ4v) is 3.60. The van der Waals surface area contributed by atoms with E-state index in [4.69, 9.17) is 10.5 Å². The Hall–Kier alpha value is -1.89. The van der Waals surface area contributed by atoms with E-state index in [1.54, 1.807) is 0 Å². The first-order chi connectivity index (χ1) is 8.59. The number of nitriles is 2. The molecule has 0 N–H and O–H groups in total. The normalized spacial score (nSPS) is 20.2. The Labute approximate surface area is 106 Å². The van der Waals surface area contributed by atoms with Gasteiger partial charge in [-0.15, -0.1) is 0 Å². The van der Waals surface area contributed by atoms with Crippen molar-refractivity contribution in [2.45, 2.75) is 23.8 Å². The van der Waals surface area contributed by atoms with Gasteiger partial charge in [0.25, 0.3) is 0 Å². The molecular formula is C12H11N3O2S. The number of nitrogens with zero attached hydrogens (tertiary/aromatic N) is 3. The fourth-order valence-electron chi connectivity index (χ4n) is 1.99. The first-order valence-electron chi connectivity index (χ1n) is 5.51. The van der Waals surface area contributed by atoms with Gasteiger partial charge in [-0.1, -0.05) is 0 Å². The van der Waals surface area contributed by atoms with Gasteiger partial charge in [0.1, 0.15) is 6.04 Å². The van der Waals surface area contributed by atoms with Crippen LogP contribution < -0.4 is 0 Å². The Bertz CT molecular complexity index is 623. The first kappa shape index (κ1) is 12.6. The van der Waals surface area contributed by atoms with Gasteiger partial charge in [0.05, 0.1) is 22.6 Å². The van der Waals surface area contributed by atoms with Crippen molar-refractivity contribution < 1.29 is 8.42 Å². The molecule has 1 aliphatic heterocycles. The lowest BCUT2D eigenvalue weighted by Crippen LogP contribution is -2.34. The number of sulfonamides is 1. The summed E-state index contributed by atoms with van der Waals surface area (Å²) < 4.78 is 25.8. The SMILES string of the molecule is N#Cc1ccc(S(=O)(=O)N2CCCC2C#N)cc1. The van der Waals surface area contributed by atoms with E-state index in [9.17, 15) is 8.42 Å². The summed E-state index contributed by atoms with van der Waals surface area (Å²) in [4.78, 5) is 0.128. The second-order valence-electron chi connectivity index (χ2n) is 4.04. The summed E-state index contributed by atoms with van der Waals surface area (Å²) in [5.41, 5.74) is 0.409. The Kier molecular flexibility index (Phi) is 3.33. The van der Waals surface area contributed by atoms with Crippen LogP contribution in [0.3, 0.4) is 0 Å². The van der Waals surface area contributed by atoms with Gasteiger partial charge in [-0.3, -0.25) is 0 Å². The Morgan fingerprint density at radius 1 is 1.22 bits per heavy atom. The predicted molar refractivity (Wildman–Crippen MR) is 63.7 cm³/mol. The molecule has 6 heteroatoms. The highest BCUT2D eigenvalue weighted by atomic mass is 32.2. The molecule has 5 nitrogen and oxygen atoms in total. The summed E-state index contributed by atoms with van der Waals surface area (Å²) in [5.74, 6) is 0. The van der Waals surface area contributed by atoms with Crippen molar-refractivity contribution in [3.05, 3.63) is 29.8 Å². The molecule has 1 aromatic rings. The van der Waals surface area contributed by atoms with E-state index in [-0.39, 0.29) is 4.90 Å². The van der Waals surface area contributed by atoms with Crippen molar-refractivity contribution in [3.63, 3.8) is 0 Å². The highest BCUT2D eigenvalue weighted by Crippen LogP contribution is 2.25. The lowest BCUT2D eigenvalue weighted by atomic mass is 10.2. The summed E-state index contributed by atoms with van der Waals surface area (Å²) >= 11 is 0. The zero-order valence-electron chi connectivity index (χ0n) is 9.57. The van der Waals surface area contributed by atoms with Crippen LogP contribution in [0.1, 0.15) is 18.4 Å². The highest BCUT2D eigenvalue weighted by molar-refractivity contribution is 7.89. The Balaban J connectivity index is 2.37. The molecule has 0 saturated carbocycles. The van der Waals surface area contributed by atoms with Crippen molar-refractivity contribution >= 4 is 10.0 Å². The molecule has 1 aromatic carbocycles. The average molecular weight is 261 g/mol. The maximum absolute atomic E-state index is 12.3. The van der Waals surface area contributed by atoms with E-state index in [1.165, 1.54) is 28.6 Å². The maximum atomic E-state index is 12.3. The van der Waals surface area contributed by atoms with E-state index in [1.807, 2.05) is 12.1 Å². The lowest BCUT2D eigenvalue weighted by Gasteiger charge is -2.18. The first-order valence-corrected chi connectivity index (χ1v) is 6.95. The van der Waals surface area contributed by atoms with Crippen LogP contribution in [0, 0.1) is 22.7 Å². The second kappa shape index (κ2) is 4.77. The van der Waals surface area contributed by atoms with E-state index in [0.29, 0.717) is 24.9 Å². The molecule has 1 aliphatic rings. The molecule has 1 fully saturated rings. The van der Waals surface area contributed by atoms with E-state index < -0.39 is 16.1 Å². The topological polar surface area (TPSA) is 85.0 Å². The molecule has 1 heterocycles. The highest BCUT2D eigenvalue weighted by Gasteiger charge is 2.35. The summed E-state index contributed by atoms with van der Waals surface area (Å²) in [6.07, 6.45) is 1.28. The van der Waals surface area contributed by atoms with Crippen LogP contribution in [0.5, 0.6) is 0 Å². The molecule has 0 aliphatic carbocycles. The Morgan fingerprint density at radius 2 is 1.89 bits per heavy atom. The number of rotatable bonds is 2. The van der Waals surface area contributed by atoms with Crippen molar-refractivity contribution in [3.8, 4) is 12.1 Å². The maximum Gasteiger partial charge on any atom is 0.244 e. The van der Waals surface area contributed by atoms with Crippen molar-refractivity contribution in [1.29, 1.82) is 10.5 Å². The van der Waals surface area contributed by atoms with Crippen molar-refractivity contribution in [2.24, 2.45) is 0 Å². The van der Waals surface area contributed by atoms with Gasteiger partial charge in [0, 0.05) is 6.54 Å². The van der Waals surface area contributed by atoms with Crippen LogP contribution in [-0.4, -0.2) is 25.3 Å². The lowest BCUT2D eigenvalue weighted by molar-refractivity contribution is 0.437. The van der Waals surface area contributed by atoms with Gasteiger partial charge >= 0.3 is 0 Å². The summed E-state index contributed by atoms with van der Waals surface area (Å²) in [7, 11) is -3.62. The van der Waals surface area contributed by atoms with Crippen molar-refractivity contribution in [1.82, 2.24) is 4.31 Å². The minimum absolute atomic E-state index is 0.128. The standard InChI is InChI=1S/C12H11N3O2S/c13-8-10-3-5-12(6-4-10)18(16,17)15-7-1-2-11(15)9-14/h3-6,11H,1-2,7H2. The molecule has 1 atom stereocenters. The fraction of sp³-hybridized carbons (Fsp3) is 0.333. The zero-order valence-corrected chi connectivity index (χ0v) is 10.4. The summed E-state index contributed by atoms with van der Waals surface area (Å²) in [6.45, 7) is 0.376. The molecule has 0 bridgehead atoms. The van der Waals surface area contributed by atoms with Crippen LogP contribution in [0.25, 0.3) is 0 Å². The van der Waals surface area contributed by atoms with Crippen LogP contribution in [0.15, 0.2) is 29.2 Å². The molecule has 0 spiro atoms. The summed E-state index contributed by atoms with van der Waals surface area (Å²) in [5, 5.41) is 17.6. The molecular weight excluding hydrogens is 250 g/mol. The van der Waals surface area contributed by atoms with Crippen LogP contribution in [-0.2, 0) is 10.0 Å². The zero-order chi connectivity index (χ0) is 13.2. The third kappa shape index (κ3) is 2.08. The van der Waals surface area contributed by atoms with Crippen molar-refractivity contribution in [2.75, 3.05) is 6.54 Å². The minimum Gasteiger partial charge on any atom is -0.207 e. The smallest absolute Gasteiger partial charge is 0.207 e. The van der Waals surface area contributed by atoms with E-state index >= 15 is 0 Å². The predicted octanol–water partition coefficient (Wildman–Crippen LogP) is 1.23. The quantitative estimate of drug-likeness (QED) is 0.801. The molecule has 18 heavy (non-hydrogen) atoms.